The molecule has 0 saturated carbocycles. The summed E-state index contributed by atoms with van der Waals surface area (Å²) < 4.78 is 4.95. The Kier molecular flexibility index (Phi) is 11.6. The summed E-state index contributed by atoms with van der Waals surface area (Å²) in [5.74, 6) is 0.214. The van der Waals surface area contributed by atoms with Crippen molar-refractivity contribution < 1.29 is 14.3 Å². The van der Waals surface area contributed by atoms with E-state index in [2.05, 4.69) is 15.6 Å². The lowest BCUT2D eigenvalue weighted by molar-refractivity contribution is -0.127. The summed E-state index contributed by atoms with van der Waals surface area (Å²) in [6.07, 6.45) is 0. The summed E-state index contributed by atoms with van der Waals surface area (Å²) in [4.78, 5) is 29.2. The van der Waals surface area contributed by atoms with Gasteiger partial charge in [-0.05, 0) is 31.5 Å². The van der Waals surface area contributed by atoms with E-state index in [1.807, 2.05) is 19.1 Å². The van der Waals surface area contributed by atoms with E-state index < -0.39 is 0 Å². The Labute approximate surface area is 166 Å². The highest BCUT2D eigenvalue weighted by Crippen LogP contribution is 2.07. The molecule has 1 rings (SSSR count). The van der Waals surface area contributed by atoms with Gasteiger partial charge < -0.3 is 20.3 Å². The fourth-order valence-electron chi connectivity index (χ4n) is 1.79. The molecule has 1 aromatic carbocycles. The second kappa shape index (κ2) is 12.5. The van der Waals surface area contributed by atoms with Crippen LogP contribution in [0.3, 0.4) is 0 Å². The second-order valence-electron chi connectivity index (χ2n) is 5.25. The molecule has 7 nitrogen and oxygen atoms in total. The number of guanidine groups is 1. The molecule has 0 saturated heterocycles. The SMILES string of the molecule is CCNC(=NCc1ccc(C(=O)OCC)cc1)NCC(=O)N(C)C.I. The average molecular weight is 462 g/mol. The van der Waals surface area contributed by atoms with Crippen molar-refractivity contribution in [2.24, 2.45) is 4.99 Å². The van der Waals surface area contributed by atoms with E-state index >= 15 is 0 Å². The van der Waals surface area contributed by atoms with Crippen LogP contribution < -0.4 is 10.6 Å². The molecule has 140 valence electrons. The zero-order chi connectivity index (χ0) is 17.9. The van der Waals surface area contributed by atoms with Crippen LogP contribution in [0.4, 0.5) is 0 Å². The number of carbonyl (C=O) groups is 2. The van der Waals surface area contributed by atoms with Gasteiger partial charge >= 0.3 is 5.97 Å². The smallest absolute Gasteiger partial charge is 0.338 e. The van der Waals surface area contributed by atoms with Gasteiger partial charge in [0.1, 0.15) is 0 Å². The van der Waals surface area contributed by atoms with Crippen molar-refractivity contribution in [3.63, 3.8) is 0 Å². The molecule has 0 unspecified atom stereocenters. The Morgan fingerprint density at radius 2 is 1.76 bits per heavy atom. The maximum Gasteiger partial charge on any atom is 0.338 e. The summed E-state index contributed by atoms with van der Waals surface area (Å²) in [5.41, 5.74) is 1.48. The van der Waals surface area contributed by atoms with Crippen LogP contribution in [0.15, 0.2) is 29.3 Å². The highest BCUT2D eigenvalue weighted by molar-refractivity contribution is 14.0. The number of rotatable bonds is 7. The number of ether oxygens (including phenoxy) is 1. The van der Waals surface area contributed by atoms with Gasteiger partial charge in [-0.1, -0.05) is 12.1 Å². The van der Waals surface area contributed by atoms with Crippen molar-refractivity contribution in [3.05, 3.63) is 35.4 Å². The van der Waals surface area contributed by atoms with Crippen molar-refractivity contribution in [2.45, 2.75) is 20.4 Å². The first-order valence-corrected chi connectivity index (χ1v) is 7.96. The molecule has 2 N–H and O–H groups in total. The molecule has 0 aliphatic carbocycles. The zero-order valence-electron chi connectivity index (χ0n) is 15.2. The fraction of sp³-hybridized carbons (Fsp3) is 0.471. The minimum absolute atomic E-state index is 0. The number of hydrogen-bond donors (Lipinski definition) is 2. The normalized spacial score (nSPS) is 10.5. The molecule has 0 aromatic heterocycles. The monoisotopic (exact) mass is 462 g/mol. The van der Waals surface area contributed by atoms with Crippen LogP contribution >= 0.6 is 24.0 Å². The van der Waals surface area contributed by atoms with Gasteiger partial charge in [0.25, 0.3) is 0 Å². The molecule has 0 spiro atoms. The number of esters is 1. The molecule has 1 aromatic rings. The lowest BCUT2D eigenvalue weighted by Crippen LogP contribution is -2.42. The van der Waals surface area contributed by atoms with E-state index in [0.29, 0.717) is 31.2 Å². The number of nitrogens with one attached hydrogen (secondary N) is 2. The second-order valence-corrected chi connectivity index (χ2v) is 5.25. The first-order valence-electron chi connectivity index (χ1n) is 7.96. The quantitative estimate of drug-likeness (QED) is 0.279. The van der Waals surface area contributed by atoms with E-state index in [1.54, 1.807) is 33.2 Å². The van der Waals surface area contributed by atoms with Crippen LogP contribution in [0.25, 0.3) is 0 Å². The van der Waals surface area contributed by atoms with Gasteiger partial charge in [0.15, 0.2) is 5.96 Å². The molecule has 0 atom stereocenters. The topological polar surface area (TPSA) is 83.0 Å². The van der Waals surface area contributed by atoms with E-state index in [4.69, 9.17) is 4.74 Å². The van der Waals surface area contributed by atoms with Crippen molar-refractivity contribution in [2.75, 3.05) is 33.8 Å². The lowest BCUT2D eigenvalue weighted by Gasteiger charge is -2.14. The van der Waals surface area contributed by atoms with Crippen LogP contribution in [0.2, 0.25) is 0 Å². The molecule has 0 radical (unpaired) electrons. The van der Waals surface area contributed by atoms with Crippen LogP contribution in [0.1, 0.15) is 29.8 Å². The van der Waals surface area contributed by atoms with Gasteiger partial charge in [-0.15, -0.1) is 24.0 Å². The van der Waals surface area contributed by atoms with E-state index in [-0.39, 0.29) is 42.4 Å². The van der Waals surface area contributed by atoms with Gasteiger partial charge in [0.05, 0.1) is 25.3 Å². The van der Waals surface area contributed by atoms with Crippen molar-refractivity contribution in [1.29, 1.82) is 0 Å². The third-order valence-corrected chi connectivity index (χ3v) is 3.13. The summed E-state index contributed by atoms with van der Waals surface area (Å²) >= 11 is 0. The highest BCUT2D eigenvalue weighted by Gasteiger charge is 2.07. The number of aliphatic imine (C=N–C) groups is 1. The summed E-state index contributed by atoms with van der Waals surface area (Å²) in [6, 6.07) is 7.12. The third-order valence-electron chi connectivity index (χ3n) is 3.13. The van der Waals surface area contributed by atoms with E-state index in [9.17, 15) is 9.59 Å². The minimum atomic E-state index is -0.329. The fourth-order valence-corrected chi connectivity index (χ4v) is 1.79. The maximum absolute atomic E-state index is 11.6. The molecular formula is C17H27IN4O3. The Morgan fingerprint density at radius 3 is 2.28 bits per heavy atom. The first-order chi connectivity index (χ1) is 11.5. The number of nitrogens with zero attached hydrogens (tertiary/aromatic N) is 2. The lowest BCUT2D eigenvalue weighted by atomic mass is 10.1. The number of halogens is 1. The molecule has 0 aliphatic rings. The van der Waals surface area contributed by atoms with Crippen molar-refractivity contribution in [3.8, 4) is 0 Å². The van der Waals surface area contributed by atoms with Crippen molar-refractivity contribution >= 4 is 41.8 Å². The predicted molar refractivity (Wildman–Crippen MR) is 109 cm³/mol. The summed E-state index contributed by atoms with van der Waals surface area (Å²) in [6.45, 7) is 5.41. The number of amides is 1. The largest absolute Gasteiger partial charge is 0.462 e. The van der Waals surface area contributed by atoms with Gasteiger partial charge in [-0.25, -0.2) is 9.79 Å². The van der Waals surface area contributed by atoms with Gasteiger partial charge in [0.2, 0.25) is 5.91 Å². The first kappa shape index (κ1) is 23.2. The molecular weight excluding hydrogens is 435 g/mol. The van der Waals surface area contributed by atoms with Crippen LogP contribution in [0.5, 0.6) is 0 Å². The van der Waals surface area contributed by atoms with E-state index in [1.165, 1.54) is 4.90 Å². The maximum atomic E-state index is 11.6. The Bertz CT molecular complexity index is 574. The van der Waals surface area contributed by atoms with E-state index in [0.717, 1.165) is 5.56 Å². The summed E-state index contributed by atoms with van der Waals surface area (Å²) in [7, 11) is 3.42. The molecule has 0 heterocycles. The predicted octanol–water partition coefficient (Wildman–Crippen LogP) is 1.62. The van der Waals surface area contributed by atoms with Crippen LogP contribution in [-0.4, -0.2) is 56.5 Å². The molecule has 0 bridgehead atoms. The average Bonchev–Trinajstić information content (AvgIpc) is 2.57. The van der Waals surface area contributed by atoms with Gasteiger partial charge in [-0.3, -0.25) is 4.79 Å². The van der Waals surface area contributed by atoms with Crippen LogP contribution in [-0.2, 0) is 16.1 Å². The highest BCUT2D eigenvalue weighted by atomic mass is 127. The number of carbonyl (C=O) groups excluding carboxylic acids is 2. The molecule has 0 aliphatic heterocycles. The van der Waals surface area contributed by atoms with Crippen molar-refractivity contribution in [1.82, 2.24) is 15.5 Å². The third kappa shape index (κ3) is 8.71. The van der Waals surface area contributed by atoms with Gasteiger partial charge in [-0.2, -0.15) is 0 Å². The van der Waals surface area contributed by atoms with Gasteiger partial charge in [0, 0.05) is 20.6 Å². The molecule has 0 fully saturated rings. The minimum Gasteiger partial charge on any atom is -0.462 e. The number of benzene rings is 1. The Hall–Kier alpha value is -1.84. The van der Waals surface area contributed by atoms with Crippen LogP contribution in [0, 0.1) is 0 Å². The number of likely N-dealkylation sites (N-methyl/N-ethyl adjacent to an activating group) is 1. The molecule has 1 amide bonds. The molecule has 25 heavy (non-hydrogen) atoms. The zero-order valence-corrected chi connectivity index (χ0v) is 17.5. The summed E-state index contributed by atoms with van der Waals surface area (Å²) in [5, 5.41) is 6.08. The Morgan fingerprint density at radius 1 is 1.12 bits per heavy atom. The standard InChI is InChI=1S/C17H26N4O3.HI/c1-5-18-17(20-12-15(22)21(3)4)19-11-13-7-9-14(10-8-13)16(23)24-6-2;/h7-10H,5-6,11-12H2,1-4H3,(H2,18,19,20);1H. The Balaban J connectivity index is 0.00000576. The number of hydrogen-bond acceptors (Lipinski definition) is 4. The molecule has 8 heteroatoms.